The predicted octanol–water partition coefficient (Wildman–Crippen LogP) is 5.38. The minimum Gasteiger partial charge on any atom is -0.507 e. The van der Waals surface area contributed by atoms with Crippen LogP contribution in [0.15, 0.2) is 54.6 Å². The third kappa shape index (κ3) is 2.03. The maximum atomic E-state index is 12.7. The summed E-state index contributed by atoms with van der Waals surface area (Å²) in [6.07, 6.45) is 2.18. The highest BCUT2D eigenvalue weighted by Gasteiger charge is 2.47. The van der Waals surface area contributed by atoms with Crippen LogP contribution in [0, 0.1) is 5.92 Å². The van der Waals surface area contributed by atoms with Crippen molar-refractivity contribution in [2.75, 3.05) is 0 Å². The summed E-state index contributed by atoms with van der Waals surface area (Å²) in [6.45, 7) is 2.25. The summed E-state index contributed by atoms with van der Waals surface area (Å²) in [4.78, 5) is 12.7. The zero-order chi connectivity index (χ0) is 17.8. The lowest BCUT2D eigenvalue weighted by atomic mass is 9.87. The van der Waals surface area contributed by atoms with E-state index in [9.17, 15) is 9.90 Å². The van der Waals surface area contributed by atoms with Gasteiger partial charge in [0.1, 0.15) is 11.5 Å². The Bertz CT molecular complexity index is 1020. The van der Waals surface area contributed by atoms with Crippen molar-refractivity contribution in [2.45, 2.75) is 31.6 Å². The number of fused-ring (bicyclic) bond motifs is 6. The van der Waals surface area contributed by atoms with Crippen molar-refractivity contribution in [3.8, 4) is 11.5 Å². The number of ether oxygens (including phenoxy) is 1. The number of phenolic OH excluding ortho intramolecular Hbond substituents is 1. The smallest absolute Gasteiger partial charge is 0.343 e. The molecule has 1 fully saturated rings. The molecule has 0 amide bonds. The van der Waals surface area contributed by atoms with Gasteiger partial charge in [0.15, 0.2) is 0 Å². The quantitative estimate of drug-likeness (QED) is 0.502. The van der Waals surface area contributed by atoms with Gasteiger partial charge in [0.05, 0.1) is 5.56 Å². The molecule has 1 saturated carbocycles. The number of benzene rings is 3. The standard InChI is InChI=1S/C23H20O3/c1-13-15-11-12-16(13)20-19(15)21(24)17-9-5-6-10-18(17)22(20)26-23(25)14-7-3-2-4-8-14/h2-10,13,15-16,24H,11-12H2,1H3. The van der Waals surface area contributed by atoms with E-state index in [0.717, 1.165) is 34.7 Å². The lowest BCUT2D eigenvalue weighted by molar-refractivity contribution is 0.0734. The summed E-state index contributed by atoms with van der Waals surface area (Å²) in [6, 6.07) is 16.7. The number of carbonyl (C=O) groups is 1. The van der Waals surface area contributed by atoms with Crippen molar-refractivity contribution in [2.24, 2.45) is 5.92 Å². The molecule has 3 aromatic rings. The van der Waals surface area contributed by atoms with Crippen LogP contribution in [-0.2, 0) is 0 Å². The van der Waals surface area contributed by atoms with Crippen LogP contribution in [0.3, 0.4) is 0 Å². The molecule has 0 heterocycles. The van der Waals surface area contributed by atoms with Gasteiger partial charge >= 0.3 is 5.97 Å². The van der Waals surface area contributed by atoms with Crippen molar-refractivity contribution in [1.29, 1.82) is 0 Å². The van der Waals surface area contributed by atoms with E-state index in [0.29, 0.717) is 34.8 Å². The molecule has 0 aliphatic heterocycles. The van der Waals surface area contributed by atoms with Gasteiger partial charge in [-0.05, 0) is 42.7 Å². The number of hydrogen-bond acceptors (Lipinski definition) is 3. The molecule has 3 nitrogen and oxygen atoms in total. The lowest BCUT2D eigenvalue weighted by Gasteiger charge is -2.22. The molecule has 3 heteroatoms. The maximum absolute atomic E-state index is 12.7. The molecule has 3 unspecified atom stereocenters. The molecule has 5 rings (SSSR count). The van der Waals surface area contributed by atoms with Crippen LogP contribution in [-0.4, -0.2) is 11.1 Å². The first-order valence-corrected chi connectivity index (χ1v) is 9.21. The first kappa shape index (κ1) is 15.4. The second-order valence-electron chi connectivity index (χ2n) is 7.46. The van der Waals surface area contributed by atoms with E-state index >= 15 is 0 Å². The zero-order valence-electron chi connectivity index (χ0n) is 14.6. The van der Waals surface area contributed by atoms with Crippen LogP contribution in [0.1, 0.15) is 53.1 Å². The van der Waals surface area contributed by atoms with E-state index < -0.39 is 0 Å². The fourth-order valence-electron chi connectivity index (χ4n) is 4.99. The van der Waals surface area contributed by atoms with Gasteiger partial charge < -0.3 is 9.84 Å². The summed E-state index contributed by atoms with van der Waals surface area (Å²) in [5.41, 5.74) is 2.59. The summed E-state index contributed by atoms with van der Waals surface area (Å²) in [5, 5.41) is 12.5. The Morgan fingerprint density at radius 1 is 0.923 bits per heavy atom. The molecule has 0 saturated heterocycles. The zero-order valence-corrected chi connectivity index (χ0v) is 14.6. The third-order valence-corrected chi connectivity index (χ3v) is 6.22. The van der Waals surface area contributed by atoms with E-state index in [1.807, 2.05) is 42.5 Å². The monoisotopic (exact) mass is 344 g/mol. The third-order valence-electron chi connectivity index (χ3n) is 6.22. The molecule has 0 spiro atoms. The highest BCUT2D eigenvalue weighted by Crippen LogP contribution is 2.63. The molecular formula is C23H20O3. The average molecular weight is 344 g/mol. The topological polar surface area (TPSA) is 46.5 Å². The van der Waals surface area contributed by atoms with Gasteiger partial charge in [-0.3, -0.25) is 0 Å². The summed E-state index contributed by atoms with van der Waals surface area (Å²) in [5.74, 6) is 1.84. The Labute approximate surface area is 152 Å². The van der Waals surface area contributed by atoms with Gasteiger partial charge in [0.25, 0.3) is 0 Å². The molecule has 3 aromatic carbocycles. The van der Waals surface area contributed by atoms with Crippen LogP contribution < -0.4 is 4.74 Å². The largest absolute Gasteiger partial charge is 0.507 e. The van der Waals surface area contributed by atoms with E-state index in [4.69, 9.17) is 4.74 Å². The average Bonchev–Trinajstić information content (AvgIpc) is 3.18. The lowest BCUT2D eigenvalue weighted by Crippen LogP contribution is -2.12. The maximum Gasteiger partial charge on any atom is 0.343 e. The number of carbonyl (C=O) groups excluding carboxylic acids is 1. The van der Waals surface area contributed by atoms with Crippen molar-refractivity contribution >= 4 is 16.7 Å². The highest BCUT2D eigenvalue weighted by molar-refractivity contribution is 6.00. The SMILES string of the molecule is CC1C2CCC1c1c2c(O)c2ccccc2c1OC(=O)c1ccccc1. The number of aromatic hydroxyl groups is 1. The molecule has 2 aliphatic carbocycles. The van der Waals surface area contributed by atoms with Crippen LogP contribution >= 0.6 is 0 Å². The molecule has 3 atom stereocenters. The van der Waals surface area contributed by atoms with Gasteiger partial charge in [0, 0.05) is 21.9 Å². The van der Waals surface area contributed by atoms with Crippen molar-refractivity contribution < 1.29 is 14.6 Å². The van der Waals surface area contributed by atoms with Gasteiger partial charge in [-0.15, -0.1) is 0 Å². The van der Waals surface area contributed by atoms with Gasteiger partial charge in [-0.1, -0.05) is 49.4 Å². The van der Waals surface area contributed by atoms with E-state index in [2.05, 4.69) is 6.92 Å². The Morgan fingerprint density at radius 3 is 2.27 bits per heavy atom. The molecule has 1 N–H and O–H groups in total. The van der Waals surface area contributed by atoms with E-state index in [1.54, 1.807) is 12.1 Å². The fourth-order valence-corrected chi connectivity index (χ4v) is 4.99. The Balaban J connectivity index is 1.73. The van der Waals surface area contributed by atoms with Crippen LogP contribution in [0.2, 0.25) is 0 Å². The van der Waals surface area contributed by atoms with E-state index in [1.165, 1.54) is 0 Å². The second-order valence-corrected chi connectivity index (χ2v) is 7.46. The molecule has 0 aromatic heterocycles. The minimum atomic E-state index is -0.348. The first-order valence-electron chi connectivity index (χ1n) is 9.21. The summed E-state index contributed by atoms with van der Waals surface area (Å²) >= 11 is 0. The van der Waals surface area contributed by atoms with Gasteiger partial charge in [-0.25, -0.2) is 4.79 Å². The molecule has 26 heavy (non-hydrogen) atoms. The second kappa shape index (κ2) is 5.60. The number of esters is 1. The number of rotatable bonds is 2. The highest BCUT2D eigenvalue weighted by atomic mass is 16.5. The van der Waals surface area contributed by atoms with Crippen molar-refractivity contribution in [3.05, 3.63) is 71.3 Å². The van der Waals surface area contributed by atoms with Crippen LogP contribution in [0.25, 0.3) is 10.8 Å². The number of hydrogen-bond donors (Lipinski definition) is 1. The van der Waals surface area contributed by atoms with Crippen molar-refractivity contribution in [1.82, 2.24) is 0 Å². The normalized spacial score (nSPS) is 23.2. The van der Waals surface area contributed by atoms with E-state index in [-0.39, 0.29) is 5.97 Å². The predicted molar refractivity (Wildman–Crippen MR) is 101 cm³/mol. The van der Waals surface area contributed by atoms with Gasteiger partial charge in [-0.2, -0.15) is 0 Å². The molecule has 2 aliphatic rings. The summed E-state index contributed by atoms with van der Waals surface area (Å²) in [7, 11) is 0. The fraction of sp³-hybridized carbons (Fsp3) is 0.261. The Morgan fingerprint density at radius 2 is 1.54 bits per heavy atom. The minimum absolute atomic E-state index is 0.348. The first-order chi connectivity index (χ1) is 12.7. The molecule has 2 bridgehead atoms. The van der Waals surface area contributed by atoms with Crippen molar-refractivity contribution in [3.63, 3.8) is 0 Å². The summed E-state index contributed by atoms with van der Waals surface area (Å²) < 4.78 is 5.96. The molecule has 130 valence electrons. The van der Waals surface area contributed by atoms with Gasteiger partial charge in [0.2, 0.25) is 0 Å². The Kier molecular flexibility index (Phi) is 3.33. The molecule has 0 radical (unpaired) electrons. The number of phenols is 1. The molecular weight excluding hydrogens is 324 g/mol. The van der Waals surface area contributed by atoms with Crippen LogP contribution in [0.4, 0.5) is 0 Å². The van der Waals surface area contributed by atoms with Crippen LogP contribution in [0.5, 0.6) is 11.5 Å². The Hall–Kier alpha value is -2.81.